The Labute approximate surface area is 154 Å². The van der Waals surface area contributed by atoms with E-state index in [-0.39, 0.29) is 12.5 Å². The first-order valence-electron chi connectivity index (χ1n) is 8.51. The van der Waals surface area contributed by atoms with Crippen molar-refractivity contribution in [3.8, 4) is 0 Å². The highest BCUT2D eigenvalue weighted by Gasteiger charge is 2.07. The predicted molar refractivity (Wildman–Crippen MR) is 105 cm³/mol. The Bertz CT molecular complexity index is 729. The van der Waals surface area contributed by atoms with Crippen molar-refractivity contribution in [2.24, 2.45) is 5.10 Å². The third-order valence-corrected chi connectivity index (χ3v) is 4.31. The molecule has 0 bridgehead atoms. The second kappa shape index (κ2) is 9.84. The molecule has 2 aromatic carbocycles. The minimum atomic E-state index is -0.190. The molecule has 0 radical (unpaired) electrons. The molecule has 1 amide bonds. The lowest BCUT2D eigenvalue weighted by Crippen LogP contribution is -2.27. The third-order valence-electron chi connectivity index (χ3n) is 3.90. The molecule has 0 aliphatic rings. The molecular weight excluding hydrogens is 334 g/mol. The first-order valence-corrected chi connectivity index (χ1v) is 8.89. The molecule has 0 aromatic heterocycles. The van der Waals surface area contributed by atoms with E-state index in [1.807, 2.05) is 55.5 Å². The molecular formula is C20H24ClN3O. The zero-order chi connectivity index (χ0) is 18.1. The third kappa shape index (κ3) is 5.91. The van der Waals surface area contributed by atoms with Gasteiger partial charge in [-0.15, -0.1) is 0 Å². The monoisotopic (exact) mass is 357 g/mol. The number of unbranched alkanes of at least 4 members (excludes halogenated alkanes) is 1. The van der Waals surface area contributed by atoms with Gasteiger partial charge >= 0.3 is 0 Å². The molecule has 0 saturated carbocycles. The first-order chi connectivity index (χ1) is 12.1. The van der Waals surface area contributed by atoms with Crippen LogP contribution < -0.4 is 10.7 Å². The Balaban J connectivity index is 1.97. The maximum Gasteiger partial charge on any atom is 0.259 e. The van der Waals surface area contributed by atoms with Gasteiger partial charge in [0.2, 0.25) is 0 Å². The van der Waals surface area contributed by atoms with E-state index in [0.717, 1.165) is 41.8 Å². The summed E-state index contributed by atoms with van der Waals surface area (Å²) >= 11 is 6.09. The minimum absolute atomic E-state index is 0.139. The Morgan fingerprint density at radius 2 is 1.88 bits per heavy atom. The maximum absolute atomic E-state index is 12.1. The smallest absolute Gasteiger partial charge is 0.259 e. The highest BCUT2D eigenvalue weighted by atomic mass is 35.5. The number of nitrogens with zero attached hydrogens (tertiary/aromatic N) is 1. The van der Waals surface area contributed by atoms with E-state index in [0.29, 0.717) is 5.02 Å². The van der Waals surface area contributed by atoms with Gasteiger partial charge in [-0.25, -0.2) is 5.43 Å². The van der Waals surface area contributed by atoms with Crippen molar-refractivity contribution in [1.29, 1.82) is 0 Å². The molecule has 0 atom stereocenters. The van der Waals surface area contributed by atoms with Gasteiger partial charge in [0.05, 0.1) is 12.3 Å². The largest absolute Gasteiger partial charge is 0.376 e. The van der Waals surface area contributed by atoms with Crippen LogP contribution in [0.15, 0.2) is 53.6 Å². The van der Waals surface area contributed by atoms with Gasteiger partial charge < -0.3 is 5.32 Å². The van der Waals surface area contributed by atoms with Crippen molar-refractivity contribution >= 4 is 28.9 Å². The number of carbonyl (C=O) groups is 1. The van der Waals surface area contributed by atoms with E-state index in [4.69, 9.17) is 11.6 Å². The number of anilines is 1. The van der Waals surface area contributed by atoms with Gasteiger partial charge in [-0.05, 0) is 43.0 Å². The Morgan fingerprint density at radius 1 is 1.12 bits per heavy atom. The standard InChI is InChI=1S/C20H24ClN3O/c1-3-4-12-19(16-9-6-5-7-10-16)23-24-20(25)14-22-18-13-8-11-17(21)15(18)2/h5-11,13,22H,3-4,12,14H2,1-2H3,(H,24,25). The summed E-state index contributed by atoms with van der Waals surface area (Å²) in [6, 6.07) is 15.5. The van der Waals surface area contributed by atoms with Gasteiger partial charge in [0.25, 0.3) is 5.91 Å². The van der Waals surface area contributed by atoms with Crippen molar-refractivity contribution in [3.05, 3.63) is 64.7 Å². The summed E-state index contributed by atoms with van der Waals surface area (Å²) in [4.78, 5) is 12.1. The van der Waals surface area contributed by atoms with Crippen molar-refractivity contribution in [1.82, 2.24) is 5.43 Å². The van der Waals surface area contributed by atoms with E-state index in [2.05, 4.69) is 22.8 Å². The summed E-state index contributed by atoms with van der Waals surface area (Å²) in [6.45, 7) is 4.19. The molecule has 2 aromatic rings. The van der Waals surface area contributed by atoms with Crippen molar-refractivity contribution in [3.63, 3.8) is 0 Å². The number of nitrogens with one attached hydrogen (secondary N) is 2. The van der Waals surface area contributed by atoms with Gasteiger partial charge in [0, 0.05) is 10.7 Å². The summed E-state index contributed by atoms with van der Waals surface area (Å²) in [7, 11) is 0. The topological polar surface area (TPSA) is 53.5 Å². The normalized spacial score (nSPS) is 11.2. The van der Waals surface area contributed by atoms with Crippen molar-refractivity contribution in [2.45, 2.75) is 33.1 Å². The number of hydrogen-bond donors (Lipinski definition) is 2. The predicted octanol–water partition coefficient (Wildman–Crippen LogP) is 4.77. The SMILES string of the molecule is CCCCC(=NNC(=O)CNc1cccc(Cl)c1C)c1ccccc1. The van der Waals surface area contributed by atoms with E-state index in [1.54, 1.807) is 0 Å². The molecule has 0 aliphatic heterocycles. The zero-order valence-electron chi connectivity index (χ0n) is 14.7. The van der Waals surface area contributed by atoms with Crippen LogP contribution in [-0.2, 0) is 4.79 Å². The minimum Gasteiger partial charge on any atom is -0.376 e. The second-order valence-electron chi connectivity index (χ2n) is 5.83. The summed E-state index contributed by atoms with van der Waals surface area (Å²) in [5.74, 6) is -0.190. The molecule has 2 N–H and O–H groups in total. The first kappa shape index (κ1) is 19.0. The molecule has 0 aliphatic carbocycles. The van der Waals surface area contributed by atoms with Gasteiger partial charge in [0.1, 0.15) is 0 Å². The molecule has 0 spiro atoms. The number of carbonyl (C=O) groups excluding carboxylic acids is 1. The summed E-state index contributed by atoms with van der Waals surface area (Å²) < 4.78 is 0. The Hall–Kier alpha value is -2.33. The highest BCUT2D eigenvalue weighted by Crippen LogP contribution is 2.22. The molecule has 0 unspecified atom stereocenters. The number of amides is 1. The Kier molecular flexibility index (Phi) is 7.48. The number of hydrogen-bond acceptors (Lipinski definition) is 3. The van der Waals surface area contributed by atoms with Crippen LogP contribution in [0.5, 0.6) is 0 Å². The van der Waals surface area contributed by atoms with Crippen LogP contribution in [0.25, 0.3) is 0 Å². The van der Waals surface area contributed by atoms with Crippen LogP contribution in [0.3, 0.4) is 0 Å². The fourth-order valence-electron chi connectivity index (χ4n) is 2.38. The van der Waals surface area contributed by atoms with Gasteiger partial charge in [0.15, 0.2) is 0 Å². The Morgan fingerprint density at radius 3 is 2.60 bits per heavy atom. The fourth-order valence-corrected chi connectivity index (χ4v) is 2.56. The van der Waals surface area contributed by atoms with Crippen molar-refractivity contribution < 1.29 is 4.79 Å². The van der Waals surface area contributed by atoms with Crippen LogP contribution >= 0.6 is 11.6 Å². The van der Waals surface area contributed by atoms with Gasteiger partial charge in [-0.1, -0.05) is 61.3 Å². The van der Waals surface area contributed by atoms with Crippen LogP contribution in [0.1, 0.15) is 37.3 Å². The van der Waals surface area contributed by atoms with Crippen LogP contribution in [0.2, 0.25) is 5.02 Å². The molecule has 132 valence electrons. The molecule has 4 nitrogen and oxygen atoms in total. The molecule has 25 heavy (non-hydrogen) atoms. The van der Waals surface area contributed by atoms with Gasteiger partial charge in [-0.2, -0.15) is 5.10 Å². The van der Waals surface area contributed by atoms with Crippen molar-refractivity contribution in [2.75, 3.05) is 11.9 Å². The van der Waals surface area contributed by atoms with Crippen LogP contribution in [0, 0.1) is 6.92 Å². The quantitative estimate of drug-likeness (QED) is 0.528. The van der Waals surface area contributed by atoms with E-state index in [9.17, 15) is 4.79 Å². The maximum atomic E-state index is 12.1. The fraction of sp³-hybridized carbons (Fsp3) is 0.300. The molecule has 5 heteroatoms. The van der Waals surface area contributed by atoms with Crippen LogP contribution in [0.4, 0.5) is 5.69 Å². The van der Waals surface area contributed by atoms with Gasteiger partial charge in [-0.3, -0.25) is 4.79 Å². The lowest BCUT2D eigenvalue weighted by atomic mass is 10.1. The number of rotatable bonds is 8. The average Bonchev–Trinajstić information content (AvgIpc) is 2.63. The van der Waals surface area contributed by atoms with E-state index in [1.165, 1.54) is 0 Å². The average molecular weight is 358 g/mol. The molecule has 0 saturated heterocycles. The molecule has 0 heterocycles. The molecule has 2 rings (SSSR count). The molecule has 0 fully saturated rings. The lowest BCUT2D eigenvalue weighted by molar-refractivity contribution is -0.119. The summed E-state index contributed by atoms with van der Waals surface area (Å²) in [5.41, 5.74) is 6.36. The van der Waals surface area contributed by atoms with E-state index >= 15 is 0 Å². The summed E-state index contributed by atoms with van der Waals surface area (Å²) in [5, 5.41) is 8.10. The highest BCUT2D eigenvalue weighted by molar-refractivity contribution is 6.31. The second-order valence-corrected chi connectivity index (χ2v) is 6.24. The number of halogens is 1. The van der Waals surface area contributed by atoms with E-state index < -0.39 is 0 Å². The summed E-state index contributed by atoms with van der Waals surface area (Å²) in [6.07, 6.45) is 2.95. The van der Waals surface area contributed by atoms with Crippen LogP contribution in [-0.4, -0.2) is 18.2 Å². The number of hydrazone groups is 1. The lowest BCUT2D eigenvalue weighted by Gasteiger charge is -2.10. The zero-order valence-corrected chi connectivity index (χ0v) is 15.4. The number of benzene rings is 2.